The highest BCUT2D eigenvalue weighted by Gasteiger charge is 2.25. The van der Waals surface area contributed by atoms with Gasteiger partial charge in [0, 0.05) is 6.20 Å². The minimum absolute atomic E-state index is 0.294. The maximum absolute atomic E-state index is 12.5. The number of H-pyrrole nitrogens is 1. The second kappa shape index (κ2) is 6.52. The van der Waals surface area contributed by atoms with E-state index in [-0.39, 0.29) is 5.91 Å². The Bertz CT molecular complexity index is 884. The number of carbonyl (C=O) groups excluding carboxylic acids is 1. The molecule has 0 saturated heterocycles. The highest BCUT2D eigenvalue weighted by molar-refractivity contribution is 6.04. The molecule has 0 radical (unpaired) electrons. The molecule has 0 unspecified atom stereocenters. The van der Waals surface area contributed by atoms with Crippen LogP contribution in [0.2, 0.25) is 0 Å². The van der Waals surface area contributed by atoms with E-state index in [0.717, 1.165) is 0 Å². The number of hydrogen-bond acceptors (Lipinski definition) is 5. The topological polar surface area (TPSA) is 100 Å². The van der Waals surface area contributed by atoms with E-state index in [4.69, 9.17) is 4.74 Å². The van der Waals surface area contributed by atoms with Crippen LogP contribution in [0.1, 0.15) is 31.1 Å². The summed E-state index contributed by atoms with van der Waals surface area (Å²) in [6.45, 7) is 5.01. The van der Waals surface area contributed by atoms with Crippen molar-refractivity contribution in [2.75, 3.05) is 0 Å². The van der Waals surface area contributed by atoms with Crippen molar-refractivity contribution < 1.29 is 14.6 Å². The zero-order valence-electron chi connectivity index (χ0n) is 14.3. The smallest absolute Gasteiger partial charge is 0.255 e. The molecule has 1 atom stereocenters. The van der Waals surface area contributed by atoms with Crippen LogP contribution in [0.25, 0.3) is 11.2 Å². The van der Waals surface area contributed by atoms with Crippen molar-refractivity contribution in [3.63, 3.8) is 0 Å². The summed E-state index contributed by atoms with van der Waals surface area (Å²) < 4.78 is 5.67. The van der Waals surface area contributed by atoms with Crippen LogP contribution in [0.4, 0.5) is 0 Å². The molecule has 3 aromatic rings. The number of rotatable bonds is 5. The van der Waals surface area contributed by atoms with Gasteiger partial charge in [-0.05, 0) is 32.9 Å². The summed E-state index contributed by atoms with van der Waals surface area (Å²) in [6, 6.07) is 8.79. The van der Waals surface area contributed by atoms with E-state index in [1.165, 1.54) is 6.20 Å². The molecule has 0 aliphatic rings. The molecule has 25 heavy (non-hydrogen) atoms. The molecule has 0 fully saturated rings. The van der Waals surface area contributed by atoms with Gasteiger partial charge in [0.1, 0.15) is 11.3 Å². The van der Waals surface area contributed by atoms with Crippen LogP contribution in [0.3, 0.4) is 0 Å². The molecule has 1 amide bonds. The SMILES string of the molecule is C[C@H](NC(=O)c1c[nH]c2ncc(Oc3ccccc3)nc12)C(C)(C)O. The number of para-hydroxylation sites is 1. The fraction of sp³-hybridized carbons (Fsp3) is 0.278. The summed E-state index contributed by atoms with van der Waals surface area (Å²) in [5.74, 6) is 0.586. The zero-order valence-corrected chi connectivity index (χ0v) is 14.3. The predicted octanol–water partition coefficient (Wildman–Crippen LogP) is 2.64. The van der Waals surface area contributed by atoms with Crippen molar-refractivity contribution in [2.24, 2.45) is 0 Å². The van der Waals surface area contributed by atoms with Crippen LogP contribution in [-0.2, 0) is 0 Å². The molecule has 3 rings (SSSR count). The Hall–Kier alpha value is -2.93. The van der Waals surface area contributed by atoms with Crippen molar-refractivity contribution in [1.29, 1.82) is 0 Å². The van der Waals surface area contributed by atoms with E-state index in [0.29, 0.717) is 28.4 Å². The van der Waals surface area contributed by atoms with E-state index in [2.05, 4.69) is 20.3 Å². The number of aromatic amines is 1. The van der Waals surface area contributed by atoms with Gasteiger partial charge >= 0.3 is 0 Å². The van der Waals surface area contributed by atoms with Crippen LogP contribution in [0.15, 0.2) is 42.7 Å². The molecule has 7 nitrogen and oxygen atoms in total. The average molecular weight is 340 g/mol. The van der Waals surface area contributed by atoms with Gasteiger partial charge in [-0.15, -0.1) is 0 Å². The molecule has 130 valence electrons. The maximum Gasteiger partial charge on any atom is 0.255 e. The lowest BCUT2D eigenvalue weighted by Crippen LogP contribution is -2.47. The van der Waals surface area contributed by atoms with Crippen molar-refractivity contribution in [3.8, 4) is 11.6 Å². The zero-order chi connectivity index (χ0) is 18.0. The van der Waals surface area contributed by atoms with Gasteiger partial charge in [0.05, 0.1) is 23.4 Å². The Morgan fingerprint density at radius 2 is 2.04 bits per heavy atom. The van der Waals surface area contributed by atoms with E-state index >= 15 is 0 Å². The number of nitrogens with zero attached hydrogens (tertiary/aromatic N) is 2. The number of carbonyl (C=O) groups is 1. The Balaban J connectivity index is 1.87. The molecule has 3 N–H and O–H groups in total. The monoisotopic (exact) mass is 340 g/mol. The normalized spacial score (nSPS) is 12.8. The van der Waals surface area contributed by atoms with E-state index in [1.807, 2.05) is 30.3 Å². The summed E-state index contributed by atoms with van der Waals surface area (Å²) in [6.07, 6.45) is 3.04. The number of benzene rings is 1. The van der Waals surface area contributed by atoms with E-state index in [9.17, 15) is 9.90 Å². The summed E-state index contributed by atoms with van der Waals surface area (Å²) in [4.78, 5) is 24.0. The highest BCUT2D eigenvalue weighted by Crippen LogP contribution is 2.22. The minimum atomic E-state index is -1.03. The average Bonchev–Trinajstić information content (AvgIpc) is 2.98. The number of aliphatic hydroxyl groups is 1. The molecule has 2 heterocycles. The second-order valence-electron chi connectivity index (χ2n) is 6.37. The minimum Gasteiger partial charge on any atom is -0.437 e. The van der Waals surface area contributed by atoms with Crippen molar-refractivity contribution in [3.05, 3.63) is 48.3 Å². The van der Waals surface area contributed by atoms with Crippen LogP contribution < -0.4 is 10.1 Å². The summed E-state index contributed by atoms with van der Waals surface area (Å²) in [5.41, 5.74) is 0.210. The third-order valence-electron chi connectivity index (χ3n) is 3.98. The number of aromatic nitrogens is 3. The quantitative estimate of drug-likeness (QED) is 0.663. The standard InChI is InChI=1S/C18H20N4O3/c1-11(18(2,3)24)21-17(23)13-9-19-16-15(13)22-14(10-20-16)25-12-7-5-4-6-8-12/h4-11,24H,1-3H3,(H,19,20)(H,21,23)/t11-/m0/s1. The number of ether oxygens (including phenoxy) is 1. The number of fused-ring (bicyclic) bond motifs is 1. The first-order chi connectivity index (χ1) is 11.8. The Morgan fingerprint density at radius 3 is 2.72 bits per heavy atom. The molecule has 0 aliphatic carbocycles. The fourth-order valence-electron chi connectivity index (χ4n) is 2.16. The lowest BCUT2D eigenvalue weighted by molar-refractivity contribution is 0.0409. The van der Waals surface area contributed by atoms with Gasteiger partial charge in [0.15, 0.2) is 5.65 Å². The Labute approximate surface area is 145 Å². The third-order valence-corrected chi connectivity index (χ3v) is 3.98. The first-order valence-corrected chi connectivity index (χ1v) is 7.95. The van der Waals surface area contributed by atoms with Gasteiger partial charge < -0.3 is 20.1 Å². The fourth-order valence-corrected chi connectivity index (χ4v) is 2.16. The van der Waals surface area contributed by atoms with Crippen LogP contribution in [0, 0.1) is 0 Å². The van der Waals surface area contributed by atoms with Gasteiger partial charge in [-0.2, -0.15) is 0 Å². The highest BCUT2D eigenvalue weighted by atomic mass is 16.5. The number of hydrogen-bond donors (Lipinski definition) is 3. The van der Waals surface area contributed by atoms with Gasteiger partial charge in [-0.25, -0.2) is 9.97 Å². The Morgan fingerprint density at radius 1 is 1.32 bits per heavy atom. The van der Waals surface area contributed by atoms with Gasteiger partial charge in [-0.1, -0.05) is 18.2 Å². The predicted molar refractivity (Wildman–Crippen MR) is 93.6 cm³/mol. The van der Waals surface area contributed by atoms with Gasteiger partial charge in [0.2, 0.25) is 5.88 Å². The number of nitrogens with one attached hydrogen (secondary N) is 2. The van der Waals surface area contributed by atoms with Crippen molar-refractivity contribution in [2.45, 2.75) is 32.4 Å². The Kier molecular flexibility index (Phi) is 4.41. The molecular weight excluding hydrogens is 320 g/mol. The van der Waals surface area contributed by atoms with E-state index < -0.39 is 11.6 Å². The van der Waals surface area contributed by atoms with Crippen LogP contribution in [0.5, 0.6) is 11.6 Å². The van der Waals surface area contributed by atoms with Crippen molar-refractivity contribution >= 4 is 17.1 Å². The second-order valence-corrected chi connectivity index (χ2v) is 6.37. The number of amides is 1. The summed E-state index contributed by atoms with van der Waals surface area (Å²) >= 11 is 0. The molecule has 7 heteroatoms. The molecular formula is C18H20N4O3. The maximum atomic E-state index is 12.5. The molecule has 0 aliphatic heterocycles. The van der Waals surface area contributed by atoms with Gasteiger partial charge in [0.25, 0.3) is 5.91 Å². The van der Waals surface area contributed by atoms with Crippen LogP contribution >= 0.6 is 0 Å². The summed E-state index contributed by atoms with van der Waals surface area (Å²) in [5, 5.41) is 12.7. The van der Waals surface area contributed by atoms with Crippen LogP contribution in [-0.4, -0.2) is 37.6 Å². The lowest BCUT2D eigenvalue weighted by Gasteiger charge is -2.26. The van der Waals surface area contributed by atoms with Crippen molar-refractivity contribution in [1.82, 2.24) is 20.3 Å². The molecule has 2 aromatic heterocycles. The molecule has 1 aromatic carbocycles. The molecule has 0 saturated carbocycles. The first-order valence-electron chi connectivity index (χ1n) is 7.95. The van der Waals surface area contributed by atoms with E-state index in [1.54, 1.807) is 27.0 Å². The molecule has 0 bridgehead atoms. The molecule has 0 spiro atoms. The lowest BCUT2D eigenvalue weighted by atomic mass is 10.0. The largest absolute Gasteiger partial charge is 0.437 e. The van der Waals surface area contributed by atoms with Gasteiger partial charge in [-0.3, -0.25) is 4.79 Å². The summed E-state index contributed by atoms with van der Waals surface area (Å²) in [7, 11) is 0. The third kappa shape index (κ3) is 3.77. The first kappa shape index (κ1) is 16.9.